The van der Waals surface area contributed by atoms with Gasteiger partial charge in [0, 0.05) is 32.0 Å². The van der Waals surface area contributed by atoms with Crippen molar-refractivity contribution in [2.45, 2.75) is 31.7 Å². The van der Waals surface area contributed by atoms with Crippen LogP contribution in [0.4, 0.5) is 0 Å². The maximum Gasteiger partial charge on any atom is 0.291 e. The van der Waals surface area contributed by atoms with Crippen LogP contribution in [-0.2, 0) is 11.2 Å². The Balaban J connectivity index is 1.38. The molecule has 3 heterocycles. The molecule has 0 saturated carbocycles. The average molecular weight is 540 g/mol. The third-order valence-electron chi connectivity index (χ3n) is 7.56. The fraction of sp³-hybridized carbons (Fsp3) is 0.323. The van der Waals surface area contributed by atoms with Gasteiger partial charge in [-0.05, 0) is 49.4 Å². The molecule has 40 heavy (non-hydrogen) atoms. The zero-order chi connectivity index (χ0) is 27.8. The third kappa shape index (κ3) is 6.36. The number of benzene rings is 2. The number of carbonyl (C=O) groups excluding carboxylic acids is 3. The number of piperidine rings is 1. The second-order valence-electron chi connectivity index (χ2n) is 10.2. The Morgan fingerprint density at radius 1 is 0.950 bits per heavy atom. The van der Waals surface area contributed by atoms with Gasteiger partial charge in [-0.1, -0.05) is 54.6 Å². The van der Waals surface area contributed by atoms with Crippen LogP contribution in [-0.4, -0.2) is 64.9 Å². The molecule has 1 spiro atoms. The molecule has 2 N–H and O–H groups in total. The normalized spacial score (nSPS) is 20.3. The van der Waals surface area contributed by atoms with Crippen molar-refractivity contribution in [2.24, 2.45) is 5.41 Å². The van der Waals surface area contributed by atoms with Gasteiger partial charge in [0.15, 0.2) is 0 Å². The van der Waals surface area contributed by atoms with E-state index in [2.05, 4.69) is 20.6 Å². The van der Waals surface area contributed by atoms with Gasteiger partial charge in [-0.25, -0.2) is 9.97 Å². The van der Waals surface area contributed by atoms with Gasteiger partial charge >= 0.3 is 0 Å². The number of ether oxygens (including phenoxy) is 1. The smallest absolute Gasteiger partial charge is 0.291 e. The number of rotatable bonds is 3. The van der Waals surface area contributed by atoms with E-state index in [0.717, 1.165) is 5.56 Å². The molecule has 0 radical (unpaired) electrons. The number of likely N-dealkylation sites (tertiary alicyclic amines) is 1. The summed E-state index contributed by atoms with van der Waals surface area (Å²) in [6.45, 7) is 1.37. The molecule has 1 saturated heterocycles. The van der Waals surface area contributed by atoms with Gasteiger partial charge < -0.3 is 20.3 Å². The lowest BCUT2D eigenvalue weighted by Crippen LogP contribution is -2.54. The van der Waals surface area contributed by atoms with E-state index in [-0.39, 0.29) is 42.7 Å². The molecule has 3 amide bonds. The summed E-state index contributed by atoms with van der Waals surface area (Å²) in [4.78, 5) is 49.9. The molecule has 2 aromatic carbocycles. The highest BCUT2D eigenvalue weighted by atomic mass is 16.5. The highest BCUT2D eigenvalue weighted by Gasteiger charge is 2.42. The zero-order valence-electron chi connectivity index (χ0n) is 22.3. The molecule has 2 aliphatic heterocycles. The number of amides is 3. The van der Waals surface area contributed by atoms with E-state index in [4.69, 9.17) is 4.74 Å². The van der Waals surface area contributed by atoms with Crippen LogP contribution in [0.2, 0.25) is 0 Å². The number of hydrogen-bond donors (Lipinski definition) is 2. The summed E-state index contributed by atoms with van der Waals surface area (Å²) < 4.78 is 5.91. The first-order chi connectivity index (χ1) is 19.5. The number of nitrogens with one attached hydrogen (secondary N) is 2. The summed E-state index contributed by atoms with van der Waals surface area (Å²) in [7, 11) is 0. The molecular weight excluding hydrogens is 506 g/mol. The Hall–Kier alpha value is -4.53. The number of hydrogen-bond acceptors (Lipinski definition) is 6. The Kier molecular flexibility index (Phi) is 8.49. The fourth-order valence-electron chi connectivity index (χ4n) is 5.23. The van der Waals surface area contributed by atoms with Gasteiger partial charge in [-0.2, -0.15) is 0 Å². The van der Waals surface area contributed by atoms with Gasteiger partial charge in [-0.3, -0.25) is 14.4 Å². The van der Waals surface area contributed by atoms with Crippen molar-refractivity contribution in [3.63, 3.8) is 0 Å². The van der Waals surface area contributed by atoms with Crippen LogP contribution >= 0.6 is 0 Å². The molecule has 0 bridgehead atoms. The van der Waals surface area contributed by atoms with Gasteiger partial charge in [-0.15, -0.1) is 0 Å². The number of aromatic nitrogens is 2. The van der Waals surface area contributed by atoms with Crippen molar-refractivity contribution in [1.82, 2.24) is 25.5 Å². The Morgan fingerprint density at radius 3 is 2.45 bits per heavy atom. The molecule has 206 valence electrons. The minimum absolute atomic E-state index is 0.0752. The van der Waals surface area contributed by atoms with E-state index in [1.165, 1.54) is 0 Å². The summed E-state index contributed by atoms with van der Waals surface area (Å²) in [5, 5.41) is 6.25. The van der Waals surface area contributed by atoms with Crippen molar-refractivity contribution in [3.05, 3.63) is 102 Å². The van der Waals surface area contributed by atoms with Crippen LogP contribution in [0, 0.1) is 5.41 Å². The third-order valence-corrected chi connectivity index (χ3v) is 7.56. The van der Waals surface area contributed by atoms with Crippen LogP contribution in [0.25, 0.3) is 0 Å². The highest BCUT2D eigenvalue weighted by Crippen LogP contribution is 2.36. The Labute approximate surface area is 233 Å². The van der Waals surface area contributed by atoms with Crippen LogP contribution in [0.15, 0.2) is 85.2 Å². The van der Waals surface area contributed by atoms with Crippen molar-refractivity contribution < 1.29 is 19.1 Å². The molecular formula is C31H33N5O4. The van der Waals surface area contributed by atoms with E-state index >= 15 is 0 Å². The molecule has 9 heteroatoms. The van der Waals surface area contributed by atoms with Gasteiger partial charge in [0.2, 0.25) is 11.7 Å². The van der Waals surface area contributed by atoms with Crippen LogP contribution in [0.3, 0.4) is 0 Å². The molecule has 0 aliphatic carbocycles. The summed E-state index contributed by atoms with van der Waals surface area (Å²) in [5.74, 6) is 0.103. The van der Waals surface area contributed by atoms with Crippen LogP contribution in [0.5, 0.6) is 5.75 Å². The Morgan fingerprint density at radius 2 is 1.68 bits per heavy atom. The second kappa shape index (κ2) is 12.5. The monoisotopic (exact) mass is 539 g/mol. The molecule has 9 nitrogen and oxygen atoms in total. The van der Waals surface area contributed by atoms with Crippen molar-refractivity contribution in [3.8, 4) is 5.75 Å². The maximum absolute atomic E-state index is 14.0. The number of para-hydroxylation sites is 1. The number of carbonyl (C=O) groups is 3. The lowest BCUT2D eigenvalue weighted by Gasteiger charge is -2.41. The van der Waals surface area contributed by atoms with E-state index < -0.39 is 5.41 Å². The Bertz CT molecular complexity index is 1350. The summed E-state index contributed by atoms with van der Waals surface area (Å²) in [5.41, 5.74) is 0.809. The minimum atomic E-state index is -0.703. The van der Waals surface area contributed by atoms with E-state index in [9.17, 15) is 14.4 Å². The maximum atomic E-state index is 14.0. The first-order valence-electron chi connectivity index (χ1n) is 13.6. The summed E-state index contributed by atoms with van der Waals surface area (Å²) in [6, 6.07) is 18.4. The zero-order valence-corrected chi connectivity index (χ0v) is 22.3. The first kappa shape index (κ1) is 27.1. The molecule has 5 rings (SSSR count). The van der Waals surface area contributed by atoms with E-state index in [1.54, 1.807) is 41.6 Å². The van der Waals surface area contributed by atoms with E-state index in [1.807, 2.05) is 48.6 Å². The minimum Gasteiger partial charge on any atom is -0.489 e. The summed E-state index contributed by atoms with van der Waals surface area (Å²) >= 11 is 0. The van der Waals surface area contributed by atoms with E-state index in [0.29, 0.717) is 50.1 Å². The molecule has 3 aromatic rings. The lowest BCUT2D eigenvalue weighted by atomic mass is 9.74. The molecule has 2 aliphatic rings. The van der Waals surface area contributed by atoms with Crippen molar-refractivity contribution in [2.75, 3.05) is 26.2 Å². The van der Waals surface area contributed by atoms with Gasteiger partial charge in [0.25, 0.3) is 11.8 Å². The summed E-state index contributed by atoms with van der Waals surface area (Å²) in [6.07, 6.45) is 9.02. The SMILES string of the molecule is O=C1NC[C@@H](Cc2ccccc2)NC(=O)C2(C/C=C/COc3ccccc31)CCN(C(=O)c1ncccn1)CC2. The number of nitrogens with zero attached hydrogens (tertiary/aromatic N) is 3. The number of fused-ring (bicyclic) bond motifs is 1. The van der Waals surface area contributed by atoms with Crippen LogP contribution in [0.1, 0.15) is 45.8 Å². The first-order valence-corrected chi connectivity index (χ1v) is 13.6. The highest BCUT2D eigenvalue weighted by molar-refractivity contribution is 5.97. The standard InChI is InChI=1S/C31H33N5O4/c37-28-25-11-4-5-12-26(25)40-20-7-6-13-31(14-18-36(19-15-31)29(38)27-32-16-8-17-33-27)30(39)35-24(22-34-28)21-23-9-2-1-3-10-23/h1-12,16-17,24H,13-15,18-22H2,(H,34,37)(H,35,39)/b7-6+/t24-/m1/s1. The fourth-order valence-corrected chi connectivity index (χ4v) is 5.23. The average Bonchev–Trinajstić information content (AvgIpc) is 3.00. The second-order valence-corrected chi connectivity index (χ2v) is 10.2. The van der Waals surface area contributed by atoms with Crippen LogP contribution < -0.4 is 15.4 Å². The quantitative estimate of drug-likeness (QED) is 0.495. The van der Waals surface area contributed by atoms with Crippen molar-refractivity contribution >= 4 is 17.7 Å². The molecule has 0 unspecified atom stereocenters. The van der Waals surface area contributed by atoms with Gasteiger partial charge in [0.05, 0.1) is 17.0 Å². The molecule has 1 atom stereocenters. The molecule has 1 aromatic heterocycles. The predicted octanol–water partition coefficient (Wildman–Crippen LogP) is 3.20. The van der Waals surface area contributed by atoms with Gasteiger partial charge in [0.1, 0.15) is 12.4 Å². The van der Waals surface area contributed by atoms with Crippen molar-refractivity contribution in [1.29, 1.82) is 0 Å². The lowest BCUT2D eigenvalue weighted by molar-refractivity contribution is -0.134. The molecule has 1 fully saturated rings. The topological polar surface area (TPSA) is 114 Å². The number of allylic oxidation sites excluding steroid dienone is 1. The largest absolute Gasteiger partial charge is 0.489 e. The predicted molar refractivity (Wildman–Crippen MR) is 150 cm³/mol.